The van der Waals surface area contributed by atoms with Crippen molar-refractivity contribution in [1.82, 2.24) is 14.7 Å². The molecule has 1 aromatic heterocycles. The number of hydrogen-bond donors (Lipinski definition) is 0. The van der Waals surface area contributed by atoms with E-state index in [2.05, 4.69) is 29.9 Å². The van der Waals surface area contributed by atoms with Crippen molar-refractivity contribution < 1.29 is 9.53 Å². The second-order valence-corrected chi connectivity index (χ2v) is 8.04. The Balaban J connectivity index is 1.62. The quantitative estimate of drug-likeness (QED) is 0.671. The average Bonchev–Trinajstić information content (AvgIpc) is 2.98. The lowest BCUT2D eigenvalue weighted by molar-refractivity contribution is -0.126. The molecule has 6 nitrogen and oxygen atoms in total. The maximum atomic E-state index is 12.7. The van der Waals surface area contributed by atoms with E-state index in [1.165, 1.54) is 0 Å². The number of rotatable bonds is 6. The number of nitrogens with zero attached hydrogens (tertiary/aromatic N) is 4. The fourth-order valence-corrected chi connectivity index (χ4v) is 3.85. The summed E-state index contributed by atoms with van der Waals surface area (Å²) >= 11 is 6.46. The molecule has 1 aromatic carbocycles. The van der Waals surface area contributed by atoms with Gasteiger partial charge in [-0.3, -0.25) is 9.48 Å². The molecule has 0 spiro atoms. The molecule has 156 valence electrons. The topological polar surface area (TPSA) is 50.6 Å². The van der Waals surface area contributed by atoms with Crippen LogP contribution in [0.4, 0.5) is 5.69 Å². The molecule has 0 radical (unpaired) electrons. The van der Waals surface area contributed by atoms with Gasteiger partial charge < -0.3 is 14.5 Å². The minimum absolute atomic E-state index is 0.00301. The third-order valence-electron chi connectivity index (χ3n) is 5.06. The Labute approximate surface area is 177 Å². The maximum absolute atomic E-state index is 12.7. The number of ether oxygens (including phenoxy) is 1. The molecule has 0 N–H and O–H groups in total. The van der Waals surface area contributed by atoms with Crippen LogP contribution in [-0.4, -0.2) is 53.9 Å². The highest BCUT2D eigenvalue weighted by Gasteiger charge is 2.22. The molecule has 0 unspecified atom stereocenters. The molecule has 1 aliphatic heterocycles. The molecule has 2 heterocycles. The predicted molar refractivity (Wildman–Crippen MR) is 118 cm³/mol. The van der Waals surface area contributed by atoms with Crippen molar-refractivity contribution in [2.24, 2.45) is 5.92 Å². The molecule has 29 heavy (non-hydrogen) atoms. The minimum Gasteiger partial charge on any atom is -0.495 e. The van der Waals surface area contributed by atoms with Crippen LogP contribution in [0.2, 0.25) is 5.15 Å². The summed E-state index contributed by atoms with van der Waals surface area (Å²) in [5, 5.41) is 5.08. The zero-order valence-electron chi connectivity index (χ0n) is 17.6. The second kappa shape index (κ2) is 9.35. The van der Waals surface area contributed by atoms with Gasteiger partial charge in [0, 0.05) is 44.4 Å². The van der Waals surface area contributed by atoms with Crippen molar-refractivity contribution in [3.63, 3.8) is 0 Å². The highest BCUT2D eigenvalue weighted by molar-refractivity contribution is 6.31. The first-order valence-electron chi connectivity index (χ1n) is 9.98. The number of halogens is 1. The van der Waals surface area contributed by atoms with E-state index < -0.39 is 0 Å². The lowest BCUT2D eigenvalue weighted by atomic mass is 10.2. The Morgan fingerprint density at radius 2 is 1.93 bits per heavy atom. The predicted octanol–water partition coefficient (Wildman–Crippen LogP) is 3.87. The lowest BCUT2D eigenvalue weighted by Gasteiger charge is -2.36. The fraction of sp³-hybridized carbons (Fsp3) is 0.455. The SMILES string of the molecule is COc1ccccc1N1CCN(C(=O)/C=C/c2c(C)nn(CC(C)C)c2Cl)CC1. The number of methoxy groups -OCH3 is 1. The number of aromatic nitrogens is 2. The summed E-state index contributed by atoms with van der Waals surface area (Å²) in [7, 11) is 1.68. The average molecular weight is 417 g/mol. The first-order valence-corrected chi connectivity index (χ1v) is 10.4. The Hall–Kier alpha value is -2.47. The van der Waals surface area contributed by atoms with Crippen molar-refractivity contribution in [2.45, 2.75) is 27.3 Å². The standard InChI is InChI=1S/C22H29ClN4O2/c1-16(2)15-27-22(23)18(17(3)24-27)9-10-21(28)26-13-11-25(12-14-26)19-7-5-6-8-20(19)29-4/h5-10,16H,11-15H2,1-4H3/b10-9+. The van der Waals surface area contributed by atoms with Crippen LogP contribution in [0.25, 0.3) is 6.08 Å². The van der Waals surface area contributed by atoms with Crippen LogP contribution in [0, 0.1) is 12.8 Å². The van der Waals surface area contributed by atoms with Gasteiger partial charge in [-0.05, 0) is 31.1 Å². The van der Waals surface area contributed by atoms with Crippen molar-refractivity contribution in [3.8, 4) is 5.75 Å². The molecule has 1 aliphatic rings. The van der Waals surface area contributed by atoms with E-state index >= 15 is 0 Å². The minimum atomic E-state index is -0.00301. The van der Waals surface area contributed by atoms with Gasteiger partial charge in [0.15, 0.2) is 0 Å². The second-order valence-electron chi connectivity index (χ2n) is 7.68. The van der Waals surface area contributed by atoms with Gasteiger partial charge in [-0.15, -0.1) is 0 Å². The van der Waals surface area contributed by atoms with Gasteiger partial charge in [0.1, 0.15) is 10.9 Å². The van der Waals surface area contributed by atoms with Gasteiger partial charge in [-0.1, -0.05) is 37.6 Å². The summed E-state index contributed by atoms with van der Waals surface area (Å²) in [6.45, 7) is 9.79. The molecule has 0 bridgehead atoms. The van der Waals surface area contributed by atoms with E-state index in [0.29, 0.717) is 24.2 Å². The van der Waals surface area contributed by atoms with E-state index in [1.54, 1.807) is 23.9 Å². The summed E-state index contributed by atoms with van der Waals surface area (Å²) in [5.41, 5.74) is 2.71. The first kappa shape index (κ1) is 21.2. The first-order chi connectivity index (χ1) is 13.9. The number of aryl methyl sites for hydroxylation is 1. The molecule has 1 saturated heterocycles. The number of piperazine rings is 1. The highest BCUT2D eigenvalue weighted by atomic mass is 35.5. The summed E-state index contributed by atoms with van der Waals surface area (Å²) < 4.78 is 7.26. The fourth-order valence-electron chi connectivity index (χ4n) is 3.54. The Morgan fingerprint density at radius 1 is 1.24 bits per heavy atom. The van der Waals surface area contributed by atoms with Gasteiger partial charge in [0.05, 0.1) is 18.5 Å². The van der Waals surface area contributed by atoms with E-state index in [1.807, 2.05) is 30.0 Å². The van der Waals surface area contributed by atoms with E-state index in [-0.39, 0.29) is 5.91 Å². The van der Waals surface area contributed by atoms with Crippen LogP contribution < -0.4 is 9.64 Å². The molecule has 0 saturated carbocycles. The molecule has 7 heteroatoms. The third-order valence-corrected chi connectivity index (χ3v) is 5.46. The van der Waals surface area contributed by atoms with Gasteiger partial charge in [0.2, 0.25) is 5.91 Å². The summed E-state index contributed by atoms with van der Waals surface area (Å²) in [6, 6.07) is 7.98. The third kappa shape index (κ3) is 4.93. The van der Waals surface area contributed by atoms with Crippen molar-refractivity contribution in [3.05, 3.63) is 46.8 Å². The van der Waals surface area contributed by atoms with Crippen LogP contribution in [0.5, 0.6) is 5.75 Å². The number of carbonyl (C=O) groups excluding carboxylic acids is 1. The Kier molecular flexibility index (Phi) is 6.85. The summed E-state index contributed by atoms with van der Waals surface area (Å²) in [4.78, 5) is 16.8. The lowest BCUT2D eigenvalue weighted by Crippen LogP contribution is -2.48. The molecule has 3 rings (SSSR count). The molecule has 2 aromatic rings. The number of amides is 1. The number of carbonyl (C=O) groups is 1. The van der Waals surface area contributed by atoms with E-state index in [0.717, 1.165) is 42.3 Å². The van der Waals surface area contributed by atoms with Crippen LogP contribution in [-0.2, 0) is 11.3 Å². The van der Waals surface area contributed by atoms with Crippen molar-refractivity contribution in [1.29, 1.82) is 0 Å². The zero-order chi connectivity index (χ0) is 21.0. The molecular weight excluding hydrogens is 388 g/mol. The van der Waals surface area contributed by atoms with E-state index in [9.17, 15) is 4.79 Å². The normalized spacial score (nSPS) is 14.8. The summed E-state index contributed by atoms with van der Waals surface area (Å²) in [6.07, 6.45) is 3.39. The van der Waals surface area contributed by atoms with Crippen molar-refractivity contribution in [2.75, 3.05) is 38.2 Å². The number of para-hydroxylation sites is 2. The van der Waals surface area contributed by atoms with Crippen LogP contribution in [0.15, 0.2) is 30.3 Å². The largest absolute Gasteiger partial charge is 0.495 e. The van der Waals surface area contributed by atoms with Gasteiger partial charge in [0.25, 0.3) is 0 Å². The number of benzene rings is 1. The number of anilines is 1. The molecule has 0 atom stereocenters. The van der Waals surface area contributed by atoms with Crippen LogP contribution >= 0.6 is 11.6 Å². The van der Waals surface area contributed by atoms with Gasteiger partial charge >= 0.3 is 0 Å². The van der Waals surface area contributed by atoms with E-state index in [4.69, 9.17) is 16.3 Å². The monoisotopic (exact) mass is 416 g/mol. The van der Waals surface area contributed by atoms with Crippen LogP contribution in [0.3, 0.4) is 0 Å². The zero-order valence-corrected chi connectivity index (χ0v) is 18.3. The van der Waals surface area contributed by atoms with Gasteiger partial charge in [-0.25, -0.2) is 0 Å². The number of hydrogen-bond acceptors (Lipinski definition) is 4. The Bertz CT molecular complexity index is 883. The summed E-state index contributed by atoms with van der Waals surface area (Å²) in [5.74, 6) is 1.30. The maximum Gasteiger partial charge on any atom is 0.246 e. The van der Waals surface area contributed by atoms with Gasteiger partial charge in [-0.2, -0.15) is 5.10 Å². The molecule has 1 amide bonds. The molecular formula is C22H29ClN4O2. The Morgan fingerprint density at radius 3 is 2.59 bits per heavy atom. The molecule has 1 fully saturated rings. The molecule has 0 aliphatic carbocycles. The smallest absolute Gasteiger partial charge is 0.246 e. The highest BCUT2D eigenvalue weighted by Crippen LogP contribution is 2.28. The van der Waals surface area contributed by atoms with Crippen molar-refractivity contribution >= 4 is 29.3 Å². The van der Waals surface area contributed by atoms with Crippen LogP contribution in [0.1, 0.15) is 25.1 Å².